The monoisotopic (exact) mass is 341 g/mol. The van der Waals surface area contributed by atoms with Crippen LogP contribution in [0.4, 0.5) is 0 Å². The highest BCUT2D eigenvalue weighted by Gasteiger charge is 2.17. The highest BCUT2D eigenvalue weighted by molar-refractivity contribution is 5.98. The molecule has 128 valence electrons. The van der Waals surface area contributed by atoms with Gasteiger partial charge in [0.25, 0.3) is 5.91 Å². The largest absolute Gasteiger partial charge is 0.361 e. The average molecular weight is 341 g/mol. The van der Waals surface area contributed by atoms with Gasteiger partial charge < -0.3 is 9.88 Å². The predicted molar refractivity (Wildman–Crippen MR) is 103 cm³/mol. The Labute approximate surface area is 152 Å². The molecule has 4 heteroatoms. The molecule has 0 radical (unpaired) electrons. The molecule has 0 unspecified atom stereocenters. The Bertz CT molecular complexity index is 968. The van der Waals surface area contributed by atoms with Crippen molar-refractivity contribution in [3.63, 3.8) is 0 Å². The van der Waals surface area contributed by atoms with E-state index in [-0.39, 0.29) is 5.91 Å². The van der Waals surface area contributed by atoms with Gasteiger partial charge in [-0.3, -0.25) is 9.78 Å². The van der Waals surface area contributed by atoms with Gasteiger partial charge in [0.05, 0.1) is 0 Å². The summed E-state index contributed by atoms with van der Waals surface area (Å²) < 4.78 is 0. The van der Waals surface area contributed by atoms with Crippen molar-refractivity contribution in [3.05, 3.63) is 102 Å². The van der Waals surface area contributed by atoms with Crippen molar-refractivity contribution in [3.8, 4) is 0 Å². The highest BCUT2D eigenvalue weighted by atomic mass is 16.2. The van der Waals surface area contributed by atoms with Crippen molar-refractivity contribution >= 4 is 16.8 Å². The van der Waals surface area contributed by atoms with Gasteiger partial charge >= 0.3 is 0 Å². The van der Waals surface area contributed by atoms with E-state index in [1.165, 1.54) is 0 Å². The maximum atomic E-state index is 13.2. The molecule has 4 aromatic rings. The van der Waals surface area contributed by atoms with Crippen LogP contribution in [0.5, 0.6) is 0 Å². The van der Waals surface area contributed by atoms with E-state index in [1.54, 1.807) is 12.4 Å². The third-order valence-corrected chi connectivity index (χ3v) is 4.43. The molecule has 2 aromatic heterocycles. The lowest BCUT2D eigenvalue weighted by molar-refractivity contribution is 0.0730. The minimum absolute atomic E-state index is 0.0220. The molecule has 4 rings (SSSR count). The van der Waals surface area contributed by atoms with E-state index in [1.807, 2.05) is 77.8 Å². The second-order valence-corrected chi connectivity index (χ2v) is 6.28. The molecule has 2 heterocycles. The van der Waals surface area contributed by atoms with Crippen molar-refractivity contribution in [2.75, 3.05) is 0 Å². The Morgan fingerprint density at radius 2 is 1.62 bits per heavy atom. The lowest BCUT2D eigenvalue weighted by Crippen LogP contribution is -2.30. The van der Waals surface area contributed by atoms with Crippen LogP contribution < -0.4 is 0 Å². The number of aromatic nitrogens is 2. The molecule has 0 aliphatic heterocycles. The number of hydrogen-bond acceptors (Lipinski definition) is 2. The molecular weight excluding hydrogens is 322 g/mol. The van der Waals surface area contributed by atoms with Gasteiger partial charge in [0.1, 0.15) is 0 Å². The molecule has 0 fully saturated rings. The quantitative estimate of drug-likeness (QED) is 0.585. The molecule has 4 nitrogen and oxygen atoms in total. The Kier molecular flexibility index (Phi) is 4.48. The van der Waals surface area contributed by atoms with Crippen LogP contribution in [0.2, 0.25) is 0 Å². The summed E-state index contributed by atoms with van der Waals surface area (Å²) in [5.74, 6) is 0.0220. The van der Waals surface area contributed by atoms with Crippen LogP contribution >= 0.6 is 0 Å². The topological polar surface area (TPSA) is 49.0 Å². The summed E-state index contributed by atoms with van der Waals surface area (Å²) in [5, 5.41) is 1.04. The SMILES string of the molecule is O=C(c1ccc2[nH]ccc2c1)N(Cc1ccccc1)Cc1ccncc1. The summed E-state index contributed by atoms with van der Waals surface area (Å²) >= 11 is 0. The number of benzene rings is 2. The average Bonchev–Trinajstić information content (AvgIpc) is 3.16. The number of hydrogen-bond donors (Lipinski definition) is 1. The van der Waals surface area contributed by atoms with Gasteiger partial charge in [0.2, 0.25) is 0 Å². The lowest BCUT2D eigenvalue weighted by Gasteiger charge is -2.23. The van der Waals surface area contributed by atoms with E-state index in [2.05, 4.69) is 9.97 Å². The molecule has 0 spiro atoms. The van der Waals surface area contributed by atoms with Gasteiger partial charge in [-0.2, -0.15) is 0 Å². The molecule has 1 amide bonds. The van der Waals surface area contributed by atoms with Crippen molar-refractivity contribution in [1.29, 1.82) is 0 Å². The van der Waals surface area contributed by atoms with Crippen molar-refractivity contribution < 1.29 is 4.79 Å². The highest BCUT2D eigenvalue weighted by Crippen LogP contribution is 2.18. The van der Waals surface area contributed by atoms with E-state index >= 15 is 0 Å². The third-order valence-electron chi connectivity index (χ3n) is 4.43. The fourth-order valence-electron chi connectivity index (χ4n) is 3.08. The number of carbonyl (C=O) groups is 1. The number of amides is 1. The maximum absolute atomic E-state index is 13.2. The molecule has 0 saturated heterocycles. The summed E-state index contributed by atoms with van der Waals surface area (Å²) in [4.78, 5) is 22.3. The van der Waals surface area contributed by atoms with Gasteiger partial charge in [-0.15, -0.1) is 0 Å². The molecule has 0 atom stereocenters. The summed E-state index contributed by atoms with van der Waals surface area (Å²) in [6, 6.07) is 21.7. The molecule has 0 saturated carbocycles. The number of nitrogens with zero attached hydrogens (tertiary/aromatic N) is 2. The first-order valence-electron chi connectivity index (χ1n) is 8.59. The normalized spacial score (nSPS) is 10.8. The van der Waals surface area contributed by atoms with Crippen LogP contribution in [-0.4, -0.2) is 20.8 Å². The Morgan fingerprint density at radius 1 is 0.885 bits per heavy atom. The second kappa shape index (κ2) is 7.23. The molecule has 0 aliphatic rings. The first-order chi connectivity index (χ1) is 12.8. The first kappa shape index (κ1) is 16.1. The molecule has 1 N–H and O–H groups in total. The fraction of sp³-hybridized carbons (Fsp3) is 0.0909. The number of pyridine rings is 1. The van der Waals surface area contributed by atoms with Gasteiger partial charge in [-0.05, 0) is 47.5 Å². The number of aromatic amines is 1. The number of carbonyl (C=O) groups excluding carboxylic acids is 1. The Balaban J connectivity index is 1.65. The van der Waals surface area contributed by atoms with Crippen molar-refractivity contribution in [1.82, 2.24) is 14.9 Å². The minimum atomic E-state index is 0.0220. The minimum Gasteiger partial charge on any atom is -0.361 e. The Morgan fingerprint density at radius 3 is 2.38 bits per heavy atom. The third kappa shape index (κ3) is 3.49. The summed E-state index contributed by atoms with van der Waals surface area (Å²) in [7, 11) is 0. The van der Waals surface area contributed by atoms with Crippen molar-refractivity contribution in [2.45, 2.75) is 13.1 Å². The van der Waals surface area contributed by atoms with Gasteiger partial charge in [-0.25, -0.2) is 0 Å². The summed E-state index contributed by atoms with van der Waals surface area (Å²) in [6.07, 6.45) is 5.40. The maximum Gasteiger partial charge on any atom is 0.254 e. The second-order valence-electron chi connectivity index (χ2n) is 6.28. The van der Waals surface area contributed by atoms with E-state index in [9.17, 15) is 4.79 Å². The van der Waals surface area contributed by atoms with E-state index in [0.717, 1.165) is 22.0 Å². The van der Waals surface area contributed by atoms with Gasteiger partial charge in [0.15, 0.2) is 0 Å². The van der Waals surface area contributed by atoms with Crippen LogP contribution in [0.1, 0.15) is 21.5 Å². The molecule has 0 bridgehead atoms. The van der Waals surface area contributed by atoms with E-state index < -0.39 is 0 Å². The van der Waals surface area contributed by atoms with E-state index in [0.29, 0.717) is 18.7 Å². The number of fused-ring (bicyclic) bond motifs is 1. The summed E-state index contributed by atoms with van der Waals surface area (Å²) in [5.41, 5.74) is 3.90. The molecule has 0 aliphatic carbocycles. The molecule has 2 aromatic carbocycles. The van der Waals surface area contributed by atoms with Gasteiger partial charge in [-0.1, -0.05) is 30.3 Å². The van der Waals surface area contributed by atoms with E-state index in [4.69, 9.17) is 0 Å². The predicted octanol–water partition coefficient (Wildman–Crippen LogP) is 4.41. The lowest BCUT2D eigenvalue weighted by atomic mass is 10.1. The zero-order valence-electron chi connectivity index (χ0n) is 14.3. The Hall–Kier alpha value is -3.40. The zero-order valence-corrected chi connectivity index (χ0v) is 14.3. The first-order valence-corrected chi connectivity index (χ1v) is 8.59. The number of rotatable bonds is 5. The molecule has 26 heavy (non-hydrogen) atoms. The van der Waals surface area contributed by atoms with Crippen LogP contribution in [0.25, 0.3) is 10.9 Å². The van der Waals surface area contributed by atoms with Crippen molar-refractivity contribution in [2.24, 2.45) is 0 Å². The summed E-state index contributed by atoms with van der Waals surface area (Å²) in [6.45, 7) is 1.11. The smallest absolute Gasteiger partial charge is 0.254 e. The van der Waals surface area contributed by atoms with Crippen LogP contribution in [0, 0.1) is 0 Å². The van der Waals surface area contributed by atoms with Crippen LogP contribution in [-0.2, 0) is 13.1 Å². The zero-order chi connectivity index (χ0) is 17.8. The number of nitrogens with one attached hydrogen (secondary N) is 1. The van der Waals surface area contributed by atoms with Crippen LogP contribution in [0.3, 0.4) is 0 Å². The van der Waals surface area contributed by atoms with Gasteiger partial charge in [0, 0.05) is 48.1 Å². The standard InChI is InChI=1S/C22H19N3O/c26-22(20-6-7-21-19(14-20)10-13-24-21)25(15-17-4-2-1-3-5-17)16-18-8-11-23-12-9-18/h1-14,24H,15-16H2. The fourth-order valence-corrected chi connectivity index (χ4v) is 3.08. The number of H-pyrrole nitrogens is 1. The van der Waals surface area contributed by atoms with Crippen LogP contribution in [0.15, 0.2) is 85.3 Å². The molecular formula is C22H19N3O.